The van der Waals surface area contributed by atoms with Crippen molar-refractivity contribution in [1.29, 1.82) is 0 Å². The van der Waals surface area contributed by atoms with Crippen molar-refractivity contribution < 1.29 is 9.47 Å². The van der Waals surface area contributed by atoms with Gasteiger partial charge in [0.25, 0.3) is 0 Å². The largest absolute Gasteiger partial charge is 0.497 e. The normalized spacial score (nSPS) is 21.0. The highest BCUT2D eigenvalue weighted by molar-refractivity contribution is 5.80. The first kappa shape index (κ1) is 22.5. The average molecular weight is 418 g/mol. The summed E-state index contributed by atoms with van der Waals surface area (Å²) in [4.78, 5) is 9.36. The van der Waals surface area contributed by atoms with Crippen LogP contribution in [0, 0.1) is 5.92 Å². The van der Waals surface area contributed by atoms with Crippen LogP contribution in [-0.2, 0) is 0 Å². The summed E-state index contributed by atoms with van der Waals surface area (Å²) in [7, 11) is 5.24. The number of ether oxygens (including phenoxy) is 2. The second kappa shape index (κ2) is 11.3. The molecule has 0 spiro atoms. The quantitative estimate of drug-likeness (QED) is 0.501. The summed E-state index contributed by atoms with van der Waals surface area (Å²) in [6.07, 6.45) is 4.95. The maximum absolute atomic E-state index is 5.42. The van der Waals surface area contributed by atoms with Crippen LogP contribution in [0.4, 0.5) is 5.69 Å². The molecule has 2 aliphatic rings. The van der Waals surface area contributed by atoms with Crippen LogP contribution in [0.15, 0.2) is 23.2 Å². The van der Waals surface area contributed by atoms with E-state index in [4.69, 9.17) is 9.47 Å². The second-order valence-corrected chi connectivity index (χ2v) is 8.31. The van der Waals surface area contributed by atoms with Crippen LogP contribution in [0.5, 0.6) is 11.5 Å². The Labute approximate surface area is 181 Å². The molecule has 1 unspecified atom stereocenters. The van der Waals surface area contributed by atoms with Gasteiger partial charge in [-0.2, -0.15) is 0 Å². The molecular formula is C23H39N5O2. The van der Waals surface area contributed by atoms with Gasteiger partial charge >= 0.3 is 0 Å². The molecule has 1 aromatic rings. The summed E-state index contributed by atoms with van der Waals surface area (Å²) >= 11 is 0. The van der Waals surface area contributed by atoms with Crippen molar-refractivity contribution in [2.24, 2.45) is 10.9 Å². The number of likely N-dealkylation sites (tertiary alicyclic amines) is 1. The highest BCUT2D eigenvalue weighted by atomic mass is 16.5. The van der Waals surface area contributed by atoms with Crippen LogP contribution in [0.3, 0.4) is 0 Å². The molecule has 1 aromatic carbocycles. The van der Waals surface area contributed by atoms with Crippen LogP contribution in [0.2, 0.25) is 0 Å². The standard InChI is InChI=1S/C23H39N5O2/c1-5-27-11-7-18(8-12-27)6-10-25-23(24-2)26-19-9-13-28(17-19)20-14-21(29-3)16-22(15-20)30-4/h14-16,18-19H,5-13,17H2,1-4H3,(H2,24,25,26). The van der Waals surface area contributed by atoms with Crippen molar-refractivity contribution in [2.45, 2.75) is 38.6 Å². The SMILES string of the molecule is CCN1CCC(CCNC(=NC)NC2CCN(c3cc(OC)cc(OC)c3)C2)CC1. The lowest BCUT2D eigenvalue weighted by Crippen LogP contribution is -2.45. The van der Waals surface area contributed by atoms with E-state index in [0.29, 0.717) is 6.04 Å². The predicted octanol–water partition coefficient (Wildman–Crippen LogP) is 2.57. The van der Waals surface area contributed by atoms with Crippen molar-refractivity contribution in [3.63, 3.8) is 0 Å². The minimum atomic E-state index is 0.376. The van der Waals surface area contributed by atoms with Crippen molar-refractivity contribution in [3.8, 4) is 11.5 Å². The molecule has 0 amide bonds. The molecule has 168 valence electrons. The van der Waals surface area contributed by atoms with E-state index < -0.39 is 0 Å². The number of guanidine groups is 1. The van der Waals surface area contributed by atoms with E-state index in [9.17, 15) is 0 Å². The molecular weight excluding hydrogens is 378 g/mol. The third-order valence-electron chi connectivity index (χ3n) is 6.45. The number of piperidine rings is 1. The molecule has 7 heteroatoms. The zero-order chi connectivity index (χ0) is 21.3. The molecule has 2 heterocycles. The van der Waals surface area contributed by atoms with E-state index in [1.54, 1.807) is 14.2 Å². The summed E-state index contributed by atoms with van der Waals surface area (Å²) in [6, 6.07) is 6.43. The predicted molar refractivity (Wildman–Crippen MR) is 124 cm³/mol. The lowest BCUT2D eigenvalue weighted by atomic mass is 9.93. The number of hydrogen-bond acceptors (Lipinski definition) is 5. The van der Waals surface area contributed by atoms with E-state index in [0.717, 1.165) is 55.1 Å². The smallest absolute Gasteiger partial charge is 0.191 e. The summed E-state index contributed by atoms with van der Waals surface area (Å²) in [5.74, 6) is 3.39. The first-order chi connectivity index (χ1) is 14.6. The van der Waals surface area contributed by atoms with Crippen LogP contribution in [0.25, 0.3) is 0 Å². The van der Waals surface area contributed by atoms with E-state index in [1.165, 1.54) is 38.9 Å². The fraction of sp³-hybridized carbons (Fsp3) is 0.696. The van der Waals surface area contributed by atoms with Crippen molar-refractivity contribution in [1.82, 2.24) is 15.5 Å². The summed E-state index contributed by atoms with van der Waals surface area (Å²) in [5, 5.41) is 7.13. The van der Waals surface area contributed by atoms with Gasteiger partial charge in [-0.1, -0.05) is 6.92 Å². The number of methoxy groups -OCH3 is 2. The second-order valence-electron chi connectivity index (χ2n) is 8.31. The average Bonchev–Trinajstić information content (AvgIpc) is 3.27. The van der Waals surface area contributed by atoms with Gasteiger partial charge in [-0.15, -0.1) is 0 Å². The fourth-order valence-corrected chi connectivity index (χ4v) is 4.46. The Morgan fingerprint density at radius 3 is 2.37 bits per heavy atom. The first-order valence-corrected chi connectivity index (χ1v) is 11.3. The Hall–Kier alpha value is -2.15. The van der Waals surface area contributed by atoms with Gasteiger partial charge in [0, 0.05) is 56.6 Å². The molecule has 2 saturated heterocycles. The number of anilines is 1. The Kier molecular flexibility index (Phi) is 8.49. The molecule has 2 N–H and O–H groups in total. The monoisotopic (exact) mass is 417 g/mol. The van der Waals surface area contributed by atoms with E-state index in [2.05, 4.69) is 44.5 Å². The lowest BCUT2D eigenvalue weighted by molar-refractivity contribution is 0.187. The highest BCUT2D eigenvalue weighted by Gasteiger charge is 2.24. The van der Waals surface area contributed by atoms with Crippen LogP contribution in [-0.4, -0.2) is 77.4 Å². The van der Waals surface area contributed by atoms with Crippen molar-refractivity contribution in [3.05, 3.63) is 18.2 Å². The van der Waals surface area contributed by atoms with Crippen molar-refractivity contribution >= 4 is 11.6 Å². The minimum Gasteiger partial charge on any atom is -0.497 e. The Balaban J connectivity index is 1.44. The Morgan fingerprint density at radius 2 is 1.77 bits per heavy atom. The first-order valence-electron chi connectivity index (χ1n) is 11.3. The van der Waals surface area contributed by atoms with Gasteiger partial charge in [-0.25, -0.2) is 0 Å². The van der Waals surface area contributed by atoms with Gasteiger partial charge < -0.3 is 29.9 Å². The summed E-state index contributed by atoms with van der Waals surface area (Å²) < 4.78 is 10.8. The Bertz CT molecular complexity index is 666. The van der Waals surface area contributed by atoms with Crippen LogP contribution in [0.1, 0.15) is 32.6 Å². The van der Waals surface area contributed by atoms with Gasteiger partial charge in [0.1, 0.15) is 11.5 Å². The van der Waals surface area contributed by atoms with E-state index in [-0.39, 0.29) is 0 Å². The van der Waals surface area contributed by atoms with Gasteiger partial charge in [0.15, 0.2) is 5.96 Å². The fourth-order valence-electron chi connectivity index (χ4n) is 4.46. The molecule has 1 atom stereocenters. The van der Waals surface area contributed by atoms with Crippen molar-refractivity contribution in [2.75, 3.05) is 65.4 Å². The van der Waals surface area contributed by atoms with E-state index >= 15 is 0 Å². The molecule has 7 nitrogen and oxygen atoms in total. The third kappa shape index (κ3) is 6.17. The third-order valence-corrected chi connectivity index (χ3v) is 6.45. The molecule has 0 aromatic heterocycles. The maximum atomic E-state index is 5.42. The molecule has 2 aliphatic heterocycles. The zero-order valence-corrected chi connectivity index (χ0v) is 19.1. The van der Waals surface area contributed by atoms with Crippen LogP contribution >= 0.6 is 0 Å². The lowest BCUT2D eigenvalue weighted by Gasteiger charge is -2.31. The highest BCUT2D eigenvalue weighted by Crippen LogP contribution is 2.30. The molecule has 2 fully saturated rings. The number of nitrogens with zero attached hydrogens (tertiary/aromatic N) is 3. The number of hydrogen-bond donors (Lipinski definition) is 2. The summed E-state index contributed by atoms with van der Waals surface area (Å²) in [5.41, 5.74) is 1.14. The number of benzene rings is 1. The van der Waals surface area contributed by atoms with Gasteiger partial charge in [0.05, 0.1) is 14.2 Å². The molecule has 30 heavy (non-hydrogen) atoms. The van der Waals surface area contributed by atoms with Gasteiger partial charge in [-0.3, -0.25) is 4.99 Å². The molecule has 0 aliphatic carbocycles. The zero-order valence-electron chi connectivity index (χ0n) is 19.1. The van der Waals surface area contributed by atoms with Crippen LogP contribution < -0.4 is 25.0 Å². The number of aliphatic imine (C=N–C) groups is 1. The molecule has 3 rings (SSSR count). The Morgan fingerprint density at radius 1 is 1.07 bits per heavy atom. The minimum absolute atomic E-state index is 0.376. The maximum Gasteiger partial charge on any atom is 0.191 e. The molecule has 0 bridgehead atoms. The van der Waals surface area contributed by atoms with E-state index in [1.807, 2.05) is 13.1 Å². The summed E-state index contributed by atoms with van der Waals surface area (Å²) in [6.45, 7) is 8.87. The number of rotatable bonds is 8. The number of nitrogens with one attached hydrogen (secondary N) is 2. The molecule has 0 radical (unpaired) electrons. The van der Waals surface area contributed by atoms with Gasteiger partial charge in [0.2, 0.25) is 0 Å². The topological polar surface area (TPSA) is 61.4 Å². The molecule has 0 saturated carbocycles. The van der Waals surface area contributed by atoms with Gasteiger partial charge in [-0.05, 0) is 51.2 Å².